The molecule has 7 heteroatoms. The van der Waals surface area contributed by atoms with Crippen LogP contribution in [0.2, 0.25) is 5.02 Å². The Morgan fingerprint density at radius 2 is 1.94 bits per heavy atom. The molecule has 0 saturated carbocycles. The minimum atomic E-state index is -3.80. The molecule has 102 valence electrons. The Morgan fingerprint density at radius 1 is 1.39 bits per heavy atom. The van der Waals surface area contributed by atoms with Crippen molar-refractivity contribution in [3.8, 4) is 5.75 Å². The molecule has 0 aromatic heterocycles. The second-order valence-corrected chi connectivity index (χ2v) is 6.87. The van der Waals surface area contributed by atoms with Crippen LogP contribution in [0, 0.1) is 0 Å². The van der Waals surface area contributed by atoms with Crippen LogP contribution in [-0.2, 0) is 22.2 Å². The van der Waals surface area contributed by atoms with Crippen LogP contribution < -0.4 is 9.86 Å². The van der Waals surface area contributed by atoms with E-state index in [1.54, 1.807) is 12.1 Å². The van der Waals surface area contributed by atoms with Crippen molar-refractivity contribution in [2.24, 2.45) is 5.14 Å². The van der Waals surface area contributed by atoms with Gasteiger partial charge in [0.25, 0.3) is 10.2 Å². The molecule has 0 unspecified atom stereocenters. The normalized spacial score (nSPS) is 12.7. The molecule has 0 aliphatic heterocycles. The minimum Gasteiger partial charge on any atom is -0.506 e. The first kappa shape index (κ1) is 15.2. The summed E-state index contributed by atoms with van der Waals surface area (Å²) < 4.78 is 23.8. The first-order chi connectivity index (χ1) is 8.00. The summed E-state index contributed by atoms with van der Waals surface area (Å²) in [6.45, 7) is 5.88. The van der Waals surface area contributed by atoms with Gasteiger partial charge in [0.2, 0.25) is 0 Å². The van der Waals surface area contributed by atoms with Gasteiger partial charge in [-0.15, -0.1) is 0 Å². The number of aromatic hydroxyl groups is 1. The fourth-order valence-corrected chi connectivity index (χ4v) is 2.00. The highest BCUT2D eigenvalue weighted by Crippen LogP contribution is 2.33. The maximum Gasteiger partial charge on any atom is 0.274 e. The summed E-state index contributed by atoms with van der Waals surface area (Å²) in [6, 6.07) is 3.37. The summed E-state index contributed by atoms with van der Waals surface area (Å²) >= 11 is 5.92. The Kier molecular flexibility index (Phi) is 4.27. The molecular formula is C11H17ClN2O3S. The van der Waals surface area contributed by atoms with E-state index < -0.39 is 10.2 Å². The lowest BCUT2D eigenvalue weighted by molar-refractivity contribution is 0.466. The number of nitrogens with one attached hydrogen (secondary N) is 1. The van der Waals surface area contributed by atoms with Gasteiger partial charge in [-0.2, -0.15) is 13.1 Å². The zero-order valence-corrected chi connectivity index (χ0v) is 12.1. The van der Waals surface area contributed by atoms with Crippen LogP contribution in [0.25, 0.3) is 0 Å². The average molecular weight is 293 g/mol. The Bertz CT molecular complexity index is 550. The van der Waals surface area contributed by atoms with E-state index in [0.29, 0.717) is 5.56 Å². The summed E-state index contributed by atoms with van der Waals surface area (Å²) in [4.78, 5) is 0. The van der Waals surface area contributed by atoms with Crippen molar-refractivity contribution in [2.75, 3.05) is 0 Å². The van der Waals surface area contributed by atoms with Crippen LogP contribution in [-0.4, -0.2) is 13.5 Å². The molecule has 0 heterocycles. The van der Waals surface area contributed by atoms with Gasteiger partial charge in [0.15, 0.2) is 0 Å². The summed E-state index contributed by atoms with van der Waals surface area (Å²) in [6.07, 6.45) is 0. The molecule has 1 rings (SSSR count). The van der Waals surface area contributed by atoms with Gasteiger partial charge in [-0.05, 0) is 17.0 Å². The lowest BCUT2D eigenvalue weighted by Crippen LogP contribution is -2.30. The average Bonchev–Trinajstić information content (AvgIpc) is 2.17. The number of halogens is 1. The van der Waals surface area contributed by atoms with Gasteiger partial charge in [0, 0.05) is 12.1 Å². The quantitative estimate of drug-likeness (QED) is 0.790. The van der Waals surface area contributed by atoms with Gasteiger partial charge < -0.3 is 5.11 Å². The van der Waals surface area contributed by atoms with E-state index >= 15 is 0 Å². The van der Waals surface area contributed by atoms with Gasteiger partial charge in [-0.3, -0.25) is 0 Å². The molecule has 0 amide bonds. The first-order valence-corrected chi connectivity index (χ1v) is 7.22. The Labute approximate surface area is 112 Å². The number of rotatable bonds is 3. The highest BCUT2D eigenvalue weighted by molar-refractivity contribution is 7.87. The van der Waals surface area contributed by atoms with Crippen molar-refractivity contribution in [2.45, 2.75) is 32.7 Å². The van der Waals surface area contributed by atoms with Gasteiger partial charge >= 0.3 is 0 Å². The third-order valence-electron chi connectivity index (χ3n) is 2.47. The van der Waals surface area contributed by atoms with Crippen molar-refractivity contribution in [3.63, 3.8) is 0 Å². The van der Waals surface area contributed by atoms with Crippen LogP contribution in [0.3, 0.4) is 0 Å². The van der Waals surface area contributed by atoms with Crippen LogP contribution in [0.15, 0.2) is 12.1 Å². The number of hydrogen-bond acceptors (Lipinski definition) is 3. The SMILES string of the molecule is CC(C)(C)c1cc(Cl)c(O)c(CNS(N)(=O)=O)c1. The van der Waals surface area contributed by atoms with Gasteiger partial charge in [-0.1, -0.05) is 38.4 Å². The number of hydrogen-bond donors (Lipinski definition) is 3. The second kappa shape index (κ2) is 5.05. The Hall–Kier alpha value is -0.820. The molecule has 0 atom stereocenters. The number of nitrogens with two attached hydrogens (primary N) is 1. The maximum atomic E-state index is 10.8. The summed E-state index contributed by atoms with van der Waals surface area (Å²) in [5.41, 5.74) is 1.13. The van der Waals surface area contributed by atoms with E-state index in [2.05, 4.69) is 4.72 Å². The van der Waals surface area contributed by atoms with E-state index in [1.165, 1.54) is 0 Å². The molecule has 4 N–H and O–H groups in total. The summed E-state index contributed by atoms with van der Waals surface area (Å²) in [5.74, 6) is -0.138. The maximum absolute atomic E-state index is 10.8. The van der Waals surface area contributed by atoms with Crippen LogP contribution in [0.1, 0.15) is 31.9 Å². The second-order valence-electron chi connectivity index (χ2n) is 5.08. The van der Waals surface area contributed by atoms with E-state index in [-0.39, 0.29) is 22.7 Å². The van der Waals surface area contributed by atoms with E-state index in [1.807, 2.05) is 20.8 Å². The molecule has 0 radical (unpaired) electrons. The number of phenolic OH excluding ortho intramolecular Hbond substituents is 1. The van der Waals surface area contributed by atoms with Crippen molar-refractivity contribution >= 4 is 21.8 Å². The molecule has 0 spiro atoms. The summed E-state index contributed by atoms with van der Waals surface area (Å²) in [5, 5.41) is 14.8. The van der Waals surface area contributed by atoms with Gasteiger partial charge in [0.1, 0.15) is 5.75 Å². The van der Waals surface area contributed by atoms with E-state index in [0.717, 1.165) is 5.56 Å². The van der Waals surface area contributed by atoms with Crippen LogP contribution in [0.5, 0.6) is 5.75 Å². The molecule has 0 aliphatic rings. The Balaban J connectivity index is 3.15. The molecule has 18 heavy (non-hydrogen) atoms. The topological polar surface area (TPSA) is 92.4 Å². The van der Waals surface area contributed by atoms with Crippen LogP contribution in [0.4, 0.5) is 0 Å². The van der Waals surface area contributed by atoms with Crippen molar-refractivity contribution in [1.29, 1.82) is 0 Å². The van der Waals surface area contributed by atoms with Crippen LogP contribution >= 0.6 is 11.6 Å². The highest BCUT2D eigenvalue weighted by atomic mass is 35.5. The van der Waals surface area contributed by atoms with E-state index in [4.69, 9.17) is 16.7 Å². The fourth-order valence-electron chi connectivity index (χ4n) is 1.40. The molecule has 0 bridgehead atoms. The predicted molar refractivity (Wildman–Crippen MR) is 71.8 cm³/mol. The number of phenols is 1. The predicted octanol–water partition coefficient (Wildman–Crippen LogP) is 1.64. The molecule has 1 aromatic rings. The molecule has 0 saturated heterocycles. The highest BCUT2D eigenvalue weighted by Gasteiger charge is 2.18. The fraction of sp³-hybridized carbons (Fsp3) is 0.455. The number of benzene rings is 1. The molecule has 1 aromatic carbocycles. The third-order valence-corrected chi connectivity index (χ3v) is 3.31. The largest absolute Gasteiger partial charge is 0.506 e. The van der Waals surface area contributed by atoms with Gasteiger partial charge in [0.05, 0.1) is 5.02 Å². The first-order valence-electron chi connectivity index (χ1n) is 5.30. The molecule has 5 nitrogen and oxygen atoms in total. The zero-order valence-electron chi connectivity index (χ0n) is 10.5. The van der Waals surface area contributed by atoms with Crippen molar-refractivity contribution in [1.82, 2.24) is 4.72 Å². The molecular weight excluding hydrogens is 276 g/mol. The van der Waals surface area contributed by atoms with Crippen molar-refractivity contribution in [3.05, 3.63) is 28.3 Å². The molecule has 0 fully saturated rings. The monoisotopic (exact) mass is 292 g/mol. The minimum absolute atomic E-state index is 0.103. The standard InChI is InChI=1S/C11H17ClN2O3S/c1-11(2,3)8-4-7(6-14-18(13,16)17)10(15)9(12)5-8/h4-5,14-15H,6H2,1-3H3,(H2,13,16,17). The zero-order chi connectivity index (χ0) is 14.1. The van der Waals surface area contributed by atoms with Gasteiger partial charge in [-0.25, -0.2) is 5.14 Å². The Morgan fingerprint density at radius 3 is 2.39 bits per heavy atom. The van der Waals surface area contributed by atoms with Crippen molar-refractivity contribution < 1.29 is 13.5 Å². The molecule has 0 aliphatic carbocycles. The lowest BCUT2D eigenvalue weighted by Gasteiger charge is -2.21. The van der Waals surface area contributed by atoms with E-state index in [9.17, 15) is 13.5 Å². The third kappa shape index (κ3) is 4.13. The lowest BCUT2D eigenvalue weighted by atomic mass is 9.86. The smallest absolute Gasteiger partial charge is 0.274 e. The summed E-state index contributed by atoms with van der Waals surface area (Å²) in [7, 11) is -3.80.